The van der Waals surface area contributed by atoms with Crippen LogP contribution in [0.4, 0.5) is 18.0 Å². The molecule has 3 rings (SSSR count). The number of amides is 1. The Labute approximate surface area is 164 Å². The molecule has 0 aromatic heterocycles. The summed E-state index contributed by atoms with van der Waals surface area (Å²) < 4.78 is 55.8. The van der Waals surface area contributed by atoms with Gasteiger partial charge in [-0.2, -0.15) is 0 Å². The molecule has 0 bridgehead atoms. The molecule has 150 valence electrons. The first-order valence-electron chi connectivity index (χ1n) is 8.89. The molecule has 1 fully saturated rings. The van der Waals surface area contributed by atoms with Crippen molar-refractivity contribution in [2.45, 2.75) is 35.8 Å². The van der Waals surface area contributed by atoms with Gasteiger partial charge < -0.3 is 14.2 Å². The highest BCUT2D eigenvalue weighted by atomic mass is 32.2. The maximum atomic E-state index is 12.9. The van der Waals surface area contributed by atoms with Gasteiger partial charge in [0.25, 0.3) is 0 Å². The van der Waals surface area contributed by atoms with Gasteiger partial charge in [0.2, 0.25) is 0 Å². The van der Waals surface area contributed by atoms with Crippen LogP contribution in [-0.4, -0.2) is 34.1 Å². The fourth-order valence-corrected chi connectivity index (χ4v) is 4.20. The topological polar surface area (TPSA) is 52.6 Å². The van der Waals surface area contributed by atoms with Crippen LogP contribution in [0.1, 0.15) is 29.9 Å². The van der Waals surface area contributed by atoms with Crippen molar-refractivity contribution in [3.05, 3.63) is 65.7 Å². The SMILES string of the molecule is O=C(OCc1ccccc1)N1CCC(c2ccccc2[S+]([O-])C(F)(F)F)CC1. The number of ether oxygens (including phenoxy) is 1. The summed E-state index contributed by atoms with van der Waals surface area (Å²) in [6, 6.07) is 15.3. The Morgan fingerprint density at radius 1 is 1.07 bits per heavy atom. The van der Waals surface area contributed by atoms with Gasteiger partial charge in [0.1, 0.15) is 6.61 Å². The lowest BCUT2D eigenvalue weighted by Gasteiger charge is -2.32. The zero-order chi connectivity index (χ0) is 20.1. The van der Waals surface area contributed by atoms with Gasteiger partial charge >= 0.3 is 11.6 Å². The average Bonchev–Trinajstić information content (AvgIpc) is 2.71. The first kappa shape index (κ1) is 20.5. The van der Waals surface area contributed by atoms with Crippen molar-refractivity contribution in [2.75, 3.05) is 13.1 Å². The fourth-order valence-electron chi connectivity index (χ4n) is 3.29. The second kappa shape index (κ2) is 8.87. The molecule has 4 nitrogen and oxygen atoms in total. The molecule has 0 N–H and O–H groups in total. The van der Waals surface area contributed by atoms with E-state index in [4.69, 9.17) is 4.74 Å². The quantitative estimate of drug-likeness (QED) is 0.677. The first-order valence-corrected chi connectivity index (χ1v) is 10.0. The highest BCUT2D eigenvalue weighted by Crippen LogP contribution is 2.38. The van der Waals surface area contributed by atoms with Crippen LogP contribution in [0.2, 0.25) is 0 Å². The van der Waals surface area contributed by atoms with Gasteiger partial charge in [-0.1, -0.05) is 48.5 Å². The second-order valence-electron chi connectivity index (χ2n) is 6.55. The molecule has 1 aliphatic heterocycles. The van der Waals surface area contributed by atoms with Crippen molar-refractivity contribution in [1.29, 1.82) is 0 Å². The molecule has 0 saturated carbocycles. The summed E-state index contributed by atoms with van der Waals surface area (Å²) >= 11 is -3.06. The molecule has 1 aliphatic rings. The Morgan fingerprint density at radius 3 is 2.32 bits per heavy atom. The Hall–Kier alpha value is -2.19. The van der Waals surface area contributed by atoms with Crippen molar-refractivity contribution in [3.63, 3.8) is 0 Å². The molecule has 0 spiro atoms. The molecule has 2 aromatic rings. The van der Waals surface area contributed by atoms with Gasteiger partial charge in [0.15, 0.2) is 4.90 Å². The average molecular weight is 411 g/mol. The van der Waals surface area contributed by atoms with Gasteiger partial charge in [0.05, 0.1) is 11.2 Å². The van der Waals surface area contributed by atoms with E-state index in [1.54, 1.807) is 17.0 Å². The molecule has 1 unspecified atom stereocenters. The minimum Gasteiger partial charge on any atom is -0.604 e. The Kier molecular flexibility index (Phi) is 6.51. The summed E-state index contributed by atoms with van der Waals surface area (Å²) in [5, 5.41) is 0. The summed E-state index contributed by atoms with van der Waals surface area (Å²) in [5.74, 6) is -0.180. The molecule has 1 amide bonds. The largest absolute Gasteiger partial charge is 0.604 e. The molecule has 0 aliphatic carbocycles. The van der Waals surface area contributed by atoms with Crippen LogP contribution in [0.15, 0.2) is 59.5 Å². The number of benzene rings is 2. The van der Waals surface area contributed by atoms with E-state index in [1.807, 2.05) is 30.3 Å². The van der Waals surface area contributed by atoms with Crippen molar-refractivity contribution in [3.8, 4) is 0 Å². The molecule has 8 heteroatoms. The standard InChI is InChI=1S/C20H20F3NO3S/c21-20(22,23)28(26)18-9-5-4-8-17(18)16-10-12-24(13-11-16)19(25)27-14-15-6-2-1-3-7-15/h1-9,16H,10-14H2. The molecular formula is C20H20F3NO3S. The Balaban J connectivity index is 1.59. The van der Waals surface area contributed by atoms with Crippen LogP contribution in [-0.2, 0) is 22.5 Å². The molecular weight excluding hydrogens is 391 g/mol. The van der Waals surface area contributed by atoms with E-state index < -0.39 is 22.8 Å². The number of hydrogen-bond acceptors (Lipinski definition) is 3. The number of hydrogen-bond donors (Lipinski definition) is 0. The number of alkyl halides is 3. The lowest BCUT2D eigenvalue weighted by molar-refractivity contribution is -0.0435. The Bertz CT molecular complexity index is 793. The lowest BCUT2D eigenvalue weighted by atomic mass is 9.89. The summed E-state index contributed by atoms with van der Waals surface area (Å²) in [5.41, 5.74) is -3.47. The van der Waals surface area contributed by atoms with E-state index in [1.165, 1.54) is 12.1 Å². The van der Waals surface area contributed by atoms with Gasteiger partial charge in [-0.25, -0.2) is 4.79 Å². The van der Waals surface area contributed by atoms with Crippen LogP contribution in [0.3, 0.4) is 0 Å². The summed E-state index contributed by atoms with van der Waals surface area (Å²) in [4.78, 5) is 13.6. The first-order chi connectivity index (χ1) is 13.4. The van der Waals surface area contributed by atoms with Crippen molar-refractivity contribution >= 4 is 17.3 Å². The Morgan fingerprint density at radius 2 is 1.68 bits per heavy atom. The van der Waals surface area contributed by atoms with Crippen LogP contribution in [0, 0.1) is 0 Å². The minimum absolute atomic E-state index is 0.174. The number of piperidine rings is 1. The third kappa shape index (κ3) is 4.99. The van der Waals surface area contributed by atoms with Crippen molar-refractivity contribution < 1.29 is 27.3 Å². The van der Waals surface area contributed by atoms with Crippen LogP contribution in [0.5, 0.6) is 0 Å². The van der Waals surface area contributed by atoms with Gasteiger partial charge in [-0.15, -0.1) is 13.2 Å². The van der Waals surface area contributed by atoms with Gasteiger partial charge in [0, 0.05) is 18.7 Å². The van der Waals surface area contributed by atoms with E-state index in [9.17, 15) is 22.5 Å². The summed E-state index contributed by atoms with van der Waals surface area (Å²) in [6.45, 7) is 0.934. The monoisotopic (exact) mass is 411 g/mol. The highest BCUT2D eigenvalue weighted by Gasteiger charge is 2.47. The minimum atomic E-state index is -4.79. The van der Waals surface area contributed by atoms with E-state index in [0.29, 0.717) is 31.5 Å². The number of carbonyl (C=O) groups excluding carboxylic acids is 1. The summed E-state index contributed by atoms with van der Waals surface area (Å²) in [6.07, 6.45) is 0.549. The van der Waals surface area contributed by atoms with Crippen LogP contribution in [0.25, 0.3) is 0 Å². The zero-order valence-electron chi connectivity index (χ0n) is 15.0. The van der Waals surface area contributed by atoms with Crippen LogP contribution >= 0.6 is 0 Å². The number of likely N-dealkylation sites (tertiary alicyclic amines) is 1. The van der Waals surface area contributed by atoms with E-state index in [-0.39, 0.29) is 17.4 Å². The molecule has 1 atom stereocenters. The number of rotatable bonds is 4. The molecule has 0 radical (unpaired) electrons. The third-order valence-corrected chi connectivity index (χ3v) is 5.92. The predicted molar refractivity (Wildman–Crippen MR) is 99.1 cm³/mol. The fraction of sp³-hybridized carbons (Fsp3) is 0.350. The molecule has 28 heavy (non-hydrogen) atoms. The van der Waals surface area contributed by atoms with Crippen LogP contribution < -0.4 is 0 Å². The van der Waals surface area contributed by atoms with Gasteiger partial charge in [-0.05, 0) is 30.4 Å². The lowest BCUT2D eigenvalue weighted by Crippen LogP contribution is -2.38. The third-order valence-electron chi connectivity index (χ3n) is 4.73. The van der Waals surface area contributed by atoms with Crippen molar-refractivity contribution in [2.24, 2.45) is 0 Å². The van der Waals surface area contributed by atoms with Gasteiger partial charge in [-0.3, -0.25) is 0 Å². The number of nitrogens with zero attached hydrogens (tertiary/aromatic N) is 1. The zero-order valence-corrected chi connectivity index (χ0v) is 15.8. The highest BCUT2D eigenvalue weighted by molar-refractivity contribution is 7.92. The van der Waals surface area contributed by atoms with E-state index in [2.05, 4.69) is 0 Å². The maximum Gasteiger partial charge on any atom is 0.578 e. The normalized spacial score (nSPS) is 16.6. The van der Waals surface area contributed by atoms with E-state index >= 15 is 0 Å². The second-order valence-corrected chi connectivity index (χ2v) is 7.99. The summed E-state index contributed by atoms with van der Waals surface area (Å²) in [7, 11) is 0. The molecule has 1 heterocycles. The van der Waals surface area contributed by atoms with E-state index in [0.717, 1.165) is 5.56 Å². The molecule has 2 aromatic carbocycles. The number of halogens is 3. The maximum absolute atomic E-state index is 12.9. The number of carbonyl (C=O) groups is 1. The molecule has 1 saturated heterocycles. The van der Waals surface area contributed by atoms with Crippen molar-refractivity contribution in [1.82, 2.24) is 4.90 Å². The predicted octanol–water partition coefficient (Wildman–Crippen LogP) is 4.83. The smallest absolute Gasteiger partial charge is 0.578 e.